The molecule has 21 heavy (non-hydrogen) atoms. The lowest BCUT2D eigenvalue weighted by Crippen LogP contribution is -2.33. The summed E-state index contributed by atoms with van der Waals surface area (Å²) < 4.78 is 63.4. The van der Waals surface area contributed by atoms with Gasteiger partial charge in [-0.3, -0.25) is 0 Å². The van der Waals surface area contributed by atoms with E-state index >= 15 is 0 Å². The number of hydrogen-bond acceptors (Lipinski definition) is 4. The average molecular weight is 338 g/mol. The van der Waals surface area contributed by atoms with Crippen molar-refractivity contribution in [1.82, 2.24) is 9.03 Å². The van der Waals surface area contributed by atoms with E-state index < -0.39 is 30.8 Å². The Morgan fingerprint density at radius 1 is 1.19 bits per heavy atom. The van der Waals surface area contributed by atoms with Crippen molar-refractivity contribution in [2.45, 2.75) is 18.2 Å². The molecular formula is C12H19FN2O4S2. The molecule has 0 atom stereocenters. The monoisotopic (exact) mass is 338 g/mol. The van der Waals surface area contributed by atoms with Gasteiger partial charge in [0, 0.05) is 19.6 Å². The molecular weight excluding hydrogens is 319 g/mol. The highest BCUT2D eigenvalue weighted by atomic mass is 32.2. The van der Waals surface area contributed by atoms with E-state index in [4.69, 9.17) is 0 Å². The van der Waals surface area contributed by atoms with E-state index in [-0.39, 0.29) is 13.1 Å². The first-order valence-corrected chi connectivity index (χ1v) is 9.71. The number of sulfonamides is 2. The maximum absolute atomic E-state index is 13.4. The summed E-state index contributed by atoms with van der Waals surface area (Å²) in [5.41, 5.74) is 0. The summed E-state index contributed by atoms with van der Waals surface area (Å²) in [5.74, 6) is -0.823. The Kier molecular flexibility index (Phi) is 6.26. The van der Waals surface area contributed by atoms with Gasteiger partial charge in [0.15, 0.2) is 0 Å². The van der Waals surface area contributed by atoms with E-state index in [0.29, 0.717) is 13.0 Å². The minimum atomic E-state index is -3.92. The summed E-state index contributed by atoms with van der Waals surface area (Å²) >= 11 is 0. The first kappa shape index (κ1) is 18.0. The molecule has 0 aliphatic heterocycles. The van der Waals surface area contributed by atoms with Crippen LogP contribution in [0.2, 0.25) is 0 Å². The third-order valence-electron chi connectivity index (χ3n) is 2.82. The average Bonchev–Trinajstić information content (AvgIpc) is 2.37. The smallest absolute Gasteiger partial charge is 0.213 e. The Morgan fingerprint density at radius 3 is 2.33 bits per heavy atom. The van der Waals surface area contributed by atoms with Crippen molar-refractivity contribution in [2.75, 3.05) is 25.9 Å². The maximum Gasteiger partial charge on any atom is 0.243 e. The largest absolute Gasteiger partial charge is 0.243 e. The van der Waals surface area contributed by atoms with Gasteiger partial charge < -0.3 is 0 Å². The van der Waals surface area contributed by atoms with Crippen molar-refractivity contribution in [3.05, 3.63) is 30.1 Å². The second-order valence-electron chi connectivity index (χ2n) is 4.44. The van der Waals surface area contributed by atoms with Crippen molar-refractivity contribution in [2.24, 2.45) is 0 Å². The van der Waals surface area contributed by atoms with Gasteiger partial charge in [-0.1, -0.05) is 19.1 Å². The molecule has 0 radical (unpaired) electrons. The van der Waals surface area contributed by atoms with Crippen LogP contribution in [0.15, 0.2) is 29.2 Å². The fourth-order valence-corrected chi connectivity index (χ4v) is 3.84. The molecule has 120 valence electrons. The fraction of sp³-hybridized carbons (Fsp3) is 0.500. The van der Waals surface area contributed by atoms with Gasteiger partial charge in [-0.25, -0.2) is 30.3 Å². The molecule has 1 aromatic carbocycles. The highest BCUT2D eigenvalue weighted by Gasteiger charge is 2.18. The molecule has 9 heteroatoms. The van der Waals surface area contributed by atoms with Gasteiger partial charge in [-0.05, 0) is 18.6 Å². The number of rotatable bonds is 8. The highest BCUT2D eigenvalue weighted by Crippen LogP contribution is 2.12. The molecule has 0 aromatic heterocycles. The van der Waals surface area contributed by atoms with Gasteiger partial charge in [0.2, 0.25) is 20.0 Å². The Labute approximate surface area is 125 Å². The molecule has 0 heterocycles. The molecule has 1 rings (SSSR count). The Hall–Kier alpha value is -1.03. The topological polar surface area (TPSA) is 83.6 Å². The molecule has 0 saturated heterocycles. The van der Waals surface area contributed by atoms with Crippen LogP contribution >= 0.6 is 0 Å². The number of nitrogens with one attached hydrogen (secondary N) is 1. The fourth-order valence-electron chi connectivity index (χ4n) is 1.76. The van der Waals surface area contributed by atoms with E-state index in [9.17, 15) is 21.2 Å². The first-order valence-electron chi connectivity index (χ1n) is 6.38. The molecule has 0 bridgehead atoms. The van der Waals surface area contributed by atoms with Crippen LogP contribution in [-0.4, -0.2) is 47.0 Å². The van der Waals surface area contributed by atoms with E-state index in [1.54, 1.807) is 6.92 Å². The van der Waals surface area contributed by atoms with E-state index in [1.807, 2.05) is 0 Å². The van der Waals surface area contributed by atoms with Crippen LogP contribution < -0.4 is 4.72 Å². The predicted octanol–water partition coefficient (Wildman–Crippen LogP) is 0.776. The molecule has 0 fully saturated rings. The van der Waals surface area contributed by atoms with Gasteiger partial charge in [0.1, 0.15) is 10.7 Å². The van der Waals surface area contributed by atoms with Gasteiger partial charge in [-0.15, -0.1) is 0 Å². The lowest BCUT2D eigenvalue weighted by Gasteiger charge is -2.17. The Bertz CT molecular complexity index is 674. The van der Waals surface area contributed by atoms with Crippen LogP contribution in [0, 0.1) is 5.82 Å². The van der Waals surface area contributed by atoms with Crippen molar-refractivity contribution in [1.29, 1.82) is 0 Å². The first-order chi connectivity index (χ1) is 9.68. The summed E-state index contributed by atoms with van der Waals surface area (Å²) in [5, 5.41) is 0. The van der Waals surface area contributed by atoms with Crippen molar-refractivity contribution in [3.8, 4) is 0 Å². The SMILES string of the molecule is CCN(CCCNS(=O)(=O)c1ccccc1F)S(C)(=O)=O. The number of hydrogen-bond donors (Lipinski definition) is 1. The molecule has 6 nitrogen and oxygen atoms in total. The zero-order valence-corrected chi connectivity index (χ0v) is 13.5. The van der Waals surface area contributed by atoms with Crippen LogP contribution in [0.5, 0.6) is 0 Å². The third-order valence-corrected chi connectivity index (χ3v) is 5.70. The highest BCUT2D eigenvalue weighted by molar-refractivity contribution is 7.89. The van der Waals surface area contributed by atoms with E-state index in [2.05, 4.69) is 4.72 Å². The van der Waals surface area contributed by atoms with Crippen LogP contribution in [0.1, 0.15) is 13.3 Å². The molecule has 0 unspecified atom stereocenters. The molecule has 0 spiro atoms. The van der Waals surface area contributed by atoms with Gasteiger partial charge in [0.25, 0.3) is 0 Å². The van der Waals surface area contributed by atoms with Crippen molar-refractivity contribution in [3.63, 3.8) is 0 Å². The standard InChI is InChI=1S/C12H19FN2O4S2/c1-3-15(20(2,16)17)10-6-9-14-21(18,19)12-8-5-4-7-11(12)13/h4-5,7-8,14H,3,6,9-10H2,1-2H3. The zero-order valence-electron chi connectivity index (χ0n) is 11.9. The maximum atomic E-state index is 13.4. The number of halogens is 1. The van der Waals surface area contributed by atoms with Crippen molar-refractivity contribution >= 4 is 20.0 Å². The number of nitrogens with zero attached hydrogens (tertiary/aromatic N) is 1. The third kappa shape index (κ3) is 5.34. The van der Waals surface area contributed by atoms with Crippen LogP contribution in [0.4, 0.5) is 4.39 Å². The molecule has 1 N–H and O–H groups in total. The normalized spacial score (nSPS) is 12.8. The molecule has 0 aliphatic carbocycles. The van der Waals surface area contributed by atoms with Gasteiger partial charge >= 0.3 is 0 Å². The summed E-state index contributed by atoms with van der Waals surface area (Å²) in [4.78, 5) is -0.416. The molecule has 0 aliphatic rings. The van der Waals surface area contributed by atoms with Gasteiger partial charge in [-0.2, -0.15) is 0 Å². The Balaban J connectivity index is 2.58. The summed E-state index contributed by atoms with van der Waals surface area (Å²) in [6.45, 7) is 2.25. The van der Waals surface area contributed by atoms with Crippen LogP contribution in [0.25, 0.3) is 0 Å². The molecule has 0 amide bonds. The second-order valence-corrected chi connectivity index (χ2v) is 8.15. The summed E-state index contributed by atoms with van der Waals surface area (Å²) in [6, 6.07) is 5.07. The lowest BCUT2D eigenvalue weighted by molar-refractivity contribution is 0.424. The zero-order chi connectivity index (χ0) is 16.1. The Morgan fingerprint density at radius 2 is 1.81 bits per heavy atom. The van der Waals surface area contributed by atoms with Crippen LogP contribution in [-0.2, 0) is 20.0 Å². The molecule has 1 aromatic rings. The van der Waals surface area contributed by atoms with Gasteiger partial charge in [0.05, 0.1) is 6.26 Å². The van der Waals surface area contributed by atoms with E-state index in [1.165, 1.54) is 22.5 Å². The van der Waals surface area contributed by atoms with E-state index in [0.717, 1.165) is 12.3 Å². The minimum Gasteiger partial charge on any atom is -0.213 e. The van der Waals surface area contributed by atoms with Crippen molar-refractivity contribution < 1.29 is 21.2 Å². The molecule has 0 saturated carbocycles. The second kappa shape index (κ2) is 7.30. The summed E-state index contributed by atoms with van der Waals surface area (Å²) in [6.07, 6.45) is 1.40. The number of benzene rings is 1. The van der Waals surface area contributed by atoms with Crippen LogP contribution in [0.3, 0.4) is 0 Å². The quantitative estimate of drug-likeness (QED) is 0.710. The minimum absolute atomic E-state index is 0.0304. The lowest BCUT2D eigenvalue weighted by atomic mass is 10.4. The predicted molar refractivity (Wildman–Crippen MR) is 78.3 cm³/mol. The summed E-state index contributed by atoms with van der Waals surface area (Å²) in [7, 11) is -7.22.